The summed E-state index contributed by atoms with van der Waals surface area (Å²) in [5, 5.41) is 2.10. The Balaban J connectivity index is 1.76. The Labute approximate surface area is 199 Å². The molecule has 0 aromatic carbocycles. The van der Waals surface area contributed by atoms with Crippen LogP contribution in [0.3, 0.4) is 0 Å². The van der Waals surface area contributed by atoms with Crippen LogP contribution in [0.4, 0.5) is 24.8 Å². The maximum atomic E-state index is 13.0. The number of thiazole rings is 1. The van der Waals surface area contributed by atoms with E-state index in [0.29, 0.717) is 11.1 Å². The van der Waals surface area contributed by atoms with Gasteiger partial charge in [-0.2, -0.15) is 13.2 Å². The van der Waals surface area contributed by atoms with Gasteiger partial charge >= 0.3 is 6.18 Å². The SMILES string of the molecule is CC(C)(CC(=O)c1ncnc(N)c1Cl)c1ncc(C(=O)Nc2cc(C(F)(F)F)c(Cl)cn2)s1. The number of aromatic nitrogens is 4. The van der Waals surface area contributed by atoms with Crippen molar-refractivity contribution in [3.63, 3.8) is 0 Å². The second-order valence-electron chi connectivity index (χ2n) is 7.44. The number of pyridine rings is 1. The minimum absolute atomic E-state index is 0.0227. The zero-order valence-corrected chi connectivity index (χ0v) is 19.3. The monoisotopic (exact) mass is 518 g/mol. The highest BCUT2D eigenvalue weighted by molar-refractivity contribution is 7.13. The number of nitrogen functional groups attached to an aromatic ring is 1. The van der Waals surface area contributed by atoms with E-state index in [2.05, 4.69) is 25.3 Å². The molecule has 0 fully saturated rings. The quantitative estimate of drug-likeness (QED) is 0.438. The summed E-state index contributed by atoms with van der Waals surface area (Å²) < 4.78 is 39.0. The van der Waals surface area contributed by atoms with Crippen LogP contribution < -0.4 is 11.1 Å². The van der Waals surface area contributed by atoms with Crippen molar-refractivity contribution in [1.29, 1.82) is 0 Å². The van der Waals surface area contributed by atoms with Crippen molar-refractivity contribution in [1.82, 2.24) is 19.9 Å². The van der Waals surface area contributed by atoms with E-state index in [4.69, 9.17) is 28.9 Å². The maximum absolute atomic E-state index is 13.0. The Morgan fingerprint density at radius 3 is 2.48 bits per heavy atom. The van der Waals surface area contributed by atoms with Crippen molar-refractivity contribution >= 4 is 57.9 Å². The molecule has 0 unspecified atom stereocenters. The zero-order chi connectivity index (χ0) is 24.6. The highest BCUT2D eigenvalue weighted by atomic mass is 35.5. The standard InChI is InChI=1S/C19H15Cl2F3N6O2S/c1-18(2,4-10(31)14-13(21)15(25)29-7-28-14)17-27-6-11(33-17)16(32)30-12-3-8(19(22,23)24)9(20)5-26-12/h3,5-7H,4H2,1-2H3,(H2,25,28,29)(H,26,30,32). The Morgan fingerprint density at radius 2 is 1.82 bits per heavy atom. The summed E-state index contributed by atoms with van der Waals surface area (Å²) >= 11 is 12.5. The molecule has 0 aliphatic carbocycles. The minimum Gasteiger partial charge on any atom is -0.382 e. The number of anilines is 2. The van der Waals surface area contributed by atoms with Crippen LogP contribution in [-0.4, -0.2) is 31.6 Å². The molecule has 3 aromatic heterocycles. The Bertz CT molecular complexity index is 1230. The molecule has 1 amide bonds. The second-order valence-corrected chi connectivity index (χ2v) is 9.25. The van der Waals surface area contributed by atoms with Gasteiger partial charge in [0.15, 0.2) is 5.78 Å². The lowest BCUT2D eigenvalue weighted by atomic mass is 9.87. The Hall–Kier alpha value is -2.83. The van der Waals surface area contributed by atoms with Crippen molar-refractivity contribution in [3.05, 3.63) is 56.0 Å². The second kappa shape index (κ2) is 9.20. The van der Waals surface area contributed by atoms with Gasteiger partial charge in [-0.3, -0.25) is 9.59 Å². The van der Waals surface area contributed by atoms with Crippen LogP contribution in [0, 0.1) is 0 Å². The third kappa shape index (κ3) is 5.57. The lowest BCUT2D eigenvalue weighted by molar-refractivity contribution is -0.137. The van der Waals surface area contributed by atoms with Gasteiger partial charge in [0, 0.05) is 18.0 Å². The average Bonchev–Trinajstić information content (AvgIpc) is 3.22. The molecule has 0 spiro atoms. The molecule has 0 aliphatic rings. The molecule has 3 rings (SSSR count). The molecule has 0 saturated carbocycles. The van der Waals surface area contributed by atoms with Gasteiger partial charge in [0.25, 0.3) is 5.91 Å². The van der Waals surface area contributed by atoms with E-state index in [1.165, 1.54) is 6.20 Å². The number of halogens is 5. The summed E-state index contributed by atoms with van der Waals surface area (Å²) in [6.07, 6.45) is -1.56. The van der Waals surface area contributed by atoms with E-state index in [1.807, 2.05) is 0 Å². The fourth-order valence-corrected chi connectivity index (χ4v) is 4.06. The van der Waals surface area contributed by atoms with Crippen LogP contribution in [0.15, 0.2) is 24.8 Å². The van der Waals surface area contributed by atoms with Crippen LogP contribution in [0.2, 0.25) is 10.0 Å². The predicted molar refractivity (Wildman–Crippen MR) is 118 cm³/mol. The smallest absolute Gasteiger partial charge is 0.382 e. The van der Waals surface area contributed by atoms with Crippen molar-refractivity contribution in [2.45, 2.75) is 31.9 Å². The van der Waals surface area contributed by atoms with Gasteiger partial charge in [-0.15, -0.1) is 11.3 Å². The third-order valence-electron chi connectivity index (χ3n) is 4.39. The highest BCUT2D eigenvalue weighted by Crippen LogP contribution is 2.36. The molecule has 3 heterocycles. The van der Waals surface area contributed by atoms with Crippen molar-refractivity contribution in [2.75, 3.05) is 11.1 Å². The number of rotatable bonds is 6. The Morgan fingerprint density at radius 1 is 1.12 bits per heavy atom. The van der Waals surface area contributed by atoms with Gasteiger partial charge < -0.3 is 11.1 Å². The van der Waals surface area contributed by atoms with Crippen molar-refractivity contribution < 1.29 is 22.8 Å². The van der Waals surface area contributed by atoms with Crippen LogP contribution >= 0.6 is 34.5 Å². The predicted octanol–water partition coefficient (Wildman–Crippen LogP) is 5.04. The number of nitrogens with zero attached hydrogens (tertiary/aromatic N) is 4. The van der Waals surface area contributed by atoms with Crippen molar-refractivity contribution in [2.24, 2.45) is 0 Å². The summed E-state index contributed by atoms with van der Waals surface area (Å²) in [5.41, 5.74) is 3.65. The van der Waals surface area contributed by atoms with E-state index in [0.717, 1.165) is 23.9 Å². The van der Waals surface area contributed by atoms with E-state index in [-0.39, 0.29) is 33.7 Å². The first kappa shape index (κ1) is 24.8. The molecular weight excluding hydrogens is 504 g/mol. The van der Waals surface area contributed by atoms with Crippen molar-refractivity contribution in [3.8, 4) is 0 Å². The van der Waals surface area contributed by atoms with E-state index >= 15 is 0 Å². The summed E-state index contributed by atoms with van der Waals surface area (Å²) in [6.45, 7) is 3.47. The molecular formula is C19H15Cl2F3N6O2S. The molecule has 0 aliphatic heterocycles. The summed E-state index contributed by atoms with van der Waals surface area (Å²) in [4.78, 5) is 40.8. The normalized spacial score (nSPS) is 12.0. The maximum Gasteiger partial charge on any atom is 0.418 e. The van der Waals surface area contributed by atoms with Gasteiger partial charge in [-0.1, -0.05) is 37.0 Å². The van der Waals surface area contributed by atoms with Gasteiger partial charge in [0.1, 0.15) is 33.6 Å². The highest BCUT2D eigenvalue weighted by Gasteiger charge is 2.34. The van der Waals surface area contributed by atoms with Crippen LogP contribution in [0.1, 0.15) is 51.0 Å². The first-order valence-electron chi connectivity index (χ1n) is 9.09. The first-order valence-corrected chi connectivity index (χ1v) is 10.7. The topological polar surface area (TPSA) is 124 Å². The Kier molecular flexibility index (Phi) is 6.91. The number of amides is 1. The average molecular weight is 519 g/mol. The van der Waals surface area contributed by atoms with E-state index < -0.39 is 33.9 Å². The number of carbonyl (C=O) groups is 2. The molecule has 3 aromatic rings. The molecule has 0 saturated heterocycles. The van der Waals surface area contributed by atoms with Gasteiger partial charge in [-0.25, -0.2) is 19.9 Å². The largest absolute Gasteiger partial charge is 0.418 e. The van der Waals surface area contributed by atoms with Gasteiger partial charge in [0.2, 0.25) is 0 Å². The number of alkyl halides is 3. The molecule has 0 atom stereocenters. The number of hydrogen-bond donors (Lipinski definition) is 2. The van der Waals surface area contributed by atoms with E-state index in [1.54, 1.807) is 13.8 Å². The molecule has 174 valence electrons. The summed E-state index contributed by atoms with van der Waals surface area (Å²) in [7, 11) is 0. The number of nitrogens with two attached hydrogens (primary N) is 1. The number of nitrogens with one attached hydrogen (secondary N) is 1. The minimum atomic E-state index is -4.70. The zero-order valence-electron chi connectivity index (χ0n) is 17.0. The molecule has 0 bridgehead atoms. The fraction of sp³-hybridized carbons (Fsp3) is 0.263. The third-order valence-corrected chi connectivity index (χ3v) is 6.43. The lowest BCUT2D eigenvalue weighted by Crippen LogP contribution is -2.22. The molecule has 8 nitrogen and oxygen atoms in total. The van der Waals surface area contributed by atoms with E-state index in [9.17, 15) is 22.8 Å². The summed E-state index contributed by atoms with van der Waals surface area (Å²) in [6, 6.07) is 0.641. The molecule has 0 radical (unpaired) electrons. The number of hydrogen-bond acceptors (Lipinski definition) is 8. The van der Waals surface area contributed by atoms with Crippen LogP contribution in [-0.2, 0) is 11.6 Å². The fourth-order valence-electron chi connectivity index (χ4n) is 2.73. The van der Waals surface area contributed by atoms with Gasteiger partial charge in [-0.05, 0) is 6.07 Å². The molecule has 3 N–H and O–H groups in total. The van der Waals surface area contributed by atoms with Crippen LogP contribution in [0.25, 0.3) is 0 Å². The summed E-state index contributed by atoms with van der Waals surface area (Å²) in [5.74, 6) is -1.46. The number of ketones is 1. The number of carbonyl (C=O) groups excluding carboxylic acids is 2. The van der Waals surface area contributed by atoms with Gasteiger partial charge in [0.05, 0.1) is 21.8 Å². The number of Topliss-reactive ketones (excluding diaryl/α,β-unsaturated/α-hetero) is 1. The molecule has 14 heteroatoms. The molecule has 33 heavy (non-hydrogen) atoms. The lowest BCUT2D eigenvalue weighted by Gasteiger charge is -2.20. The van der Waals surface area contributed by atoms with Crippen LogP contribution in [0.5, 0.6) is 0 Å². The first-order chi connectivity index (χ1) is 15.3.